The fourth-order valence-electron chi connectivity index (χ4n) is 5.76. The lowest BCUT2D eigenvalue weighted by Crippen LogP contribution is -2.54. The van der Waals surface area contributed by atoms with Crippen molar-refractivity contribution in [3.8, 4) is 11.1 Å². The van der Waals surface area contributed by atoms with Crippen LogP contribution in [-0.2, 0) is 26.9 Å². The van der Waals surface area contributed by atoms with Crippen LogP contribution in [-0.4, -0.2) is 77.5 Å². The van der Waals surface area contributed by atoms with Crippen LogP contribution in [0.25, 0.3) is 22.0 Å². The van der Waals surface area contributed by atoms with Gasteiger partial charge in [-0.3, -0.25) is 9.47 Å². The summed E-state index contributed by atoms with van der Waals surface area (Å²) in [7, 11) is 1.52. The summed E-state index contributed by atoms with van der Waals surface area (Å²) in [6, 6.07) is 5.31. The number of halogens is 4. The molecule has 2 atom stereocenters. The molecule has 248 valence electrons. The molecule has 5 rings (SSSR count). The van der Waals surface area contributed by atoms with Gasteiger partial charge in [-0.1, -0.05) is 18.7 Å². The lowest BCUT2D eigenvalue weighted by Gasteiger charge is -2.42. The van der Waals surface area contributed by atoms with Gasteiger partial charge in [0.05, 0.1) is 49.5 Å². The molecule has 1 saturated heterocycles. The van der Waals surface area contributed by atoms with Crippen LogP contribution in [0.3, 0.4) is 0 Å². The van der Waals surface area contributed by atoms with Gasteiger partial charge in [0.25, 0.3) is 0 Å². The number of amides is 1. The Kier molecular flexibility index (Phi) is 9.45. The first kappa shape index (κ1) is 33.7. The van der Waals surface area contributed by atoms with Crippen LogP contribution in [0.1, 0.15) is 33.3 Å². The molecule has 0 aliphatic carbocycles. The summed E-state index contributed by atoms with van der Waals surface area (Å²) in [5.41, 5.74) is -1.74. The van der Waals surface area contributed by atoms with Gasteiger partial charge < -0.3 is 19.1 Å². The van der Waals surface area contributed by atoms with Gasteiger partial charge >= 0.3 is 18.0 Å². The molecule has 0 unspecified atom stereocenters. The van der Waals surface area contributed by atoms with Gasteiger partial charge in [-0.25, -0.2) is 14.0 Å². The van der Waals surface area contributed by atoms with E-state index in [2.05, 4.69) is 11.6 Å². The Hall–Kier alpha value is -3.62. The van der Waals surface area contributed by atoms with Crippen LogP contribution in [0.2, 0.25) is 0 Å². The number of benzene rings is 2. The number of rotatable bonds is 6. The molecule has 0 bridgehead atoms. The van der Waals surface area contributed by atoms with Crippen molar-refractivity contribution in [2.24, 2.45) is 0 Å². The second kappa shape index (κ2) is 12.9. The van der Waals surface area contributed by atoms with E-state index in [-0.39, 0.29) is 64.7 Å². The lowest BCUT2D eigenvalue weighted by molar-refractivity contribution is -0.137. The number of carbonyl (C=O) groups is 1. The van der Waals surface area contributed by atoms with E-state index >= 15 is 0 Å². The number of aromatic nitrogens is 2. The quantitative estimate of drug-likeness (QED) is 0.224. The van der Waals surface area contributed by atoms with E-state index in [1.165, 1.54) is 28.7 Å². The SMILES string of the molecule is C=C1CN(c2nc(=O)n3c4c(c(-c5ccc(F)cc5)c(C(F)(F)F)cc24)SC[C@H](OCCOC)C3)C[C@@H](C)N1C(=O)OC(C)(C)C. The molecule has 0 saturated carbocycles. The number of anilines is 1. The fraction of sp³-hybridized carbons (Fsp3) is 0.469. The summed E-state index contributed by atoms with van der Waals surface area (Å²) < 4.78 is 76.6. The molecule has 0 radical (unpaired) electrons. The van der Waals surface area contributed by atoms with Crippen molar-refractivity contribution < 1.29 is 36.6 Å². The van der Waals surface area contributed by atoms with Crippen LogP contribution in [0.4, 0.5) is 28.2 Å². The van der Waals surface area contributed by atoms with E-state index in [0.717, 1.165) is 30.0 Å². The minimum atomic E-state index is -4.81. The van der Waals surface area contributed by atoms with Crippen LogP contribution < -0.4 is 10.6 Å². The summed E-state index contributed by atoms with van der Waals surface area (Å²) in [5, 5.41) is 0.114. The zero-order valence-electron chi connectivity index (χ0n) is 26.2. The standard InChI is InChI=1S/C32H36F4N4O5S/c1-18-14-38(15-19(2)40(18)30(42)45-31(3,4)5)28-23-13-24(32(34,35)36)25(20-7-9-21(33)10-8-20)27-26(23)39(29(41)37-28)16-22(17-46-27)44-12-11-43-6/h7-10,13,19,22H,1,11-12,14-17H2,2-6H3/t19-,22-/m1/s1. The number of thioether (sulfide) groups is 1. The average molecular weight is 665 g/mol. The van der Waals surface area contributed by atoms with Gasteiger partial charge in [-0.2, -0.15) is 18.2 Å². The van der Waals surface area contributed by atoms with Crippen molar-refractivity contribution in [1.82, 2.24) is 14.5 Å². The molecule has 1 aromatic heterocycles. The Balaban J connectivity index is 1.70. The zero-order chi connectivity index (χ0) is 33.6. The number of nitrogens with zero attached hydrogens (tertiary/aromatic N) is 4. The van der Waals surface area contributed by atoms with E-state index in [1.807, 2.05) is 0 Å². The van der Waals surface area contributed by atoms with E-state index < -0.39 is 47.1 Å². The maximum atomic E-state index is 14.9. The van der Waals surface area contributed by atoms with E-state index in [0.29, 0.717) is 12.3 Å². The molecular weight excluding hydrogens is 628 g/mol. The highest BCUT2D eigenvalue weighted by molar-refractivity contribution is 7.99. The fourth-order valence-corrected chi connectivity index (χ4v) is 7.04. The summed E-state index contributed by atoms with van der Waals surface area (Å²) in [4.78, 5) is 34.4. The predicted octanol–water partition coefficient (Wildman–Crippen LogP) is 6.32. The lowest BCUT2D eigenvalue weighted by atomic mass is 9.96. The van der Waals surface area contributed by atoms with Crippen LogP contribution in [0.15, 0.2) is 52.3 Å². The third-order valence-electron chi connectivity index (χ3n) is 7.61. The molecule has 1 fully saturated rings. The zero-order valence-corrected chi connectivity index (χ0v) is 27.1. The molecular formula is C32H36F4N4O5S. The highest BCUT2D eigenvalue weighted by atomic mass is 32.2. The highest BCUT2D eigenvalue weighted by Gasteiger charge is 2.40. The first-order valence-corrected chi connectivity index (χ1v) is 15.7. The van der Waals surface area contributed by atoms with Crippen LogP contribution in [0.5, 0.6) is 0 Å². The average Bonchev–Trinajstić information content (AvgIpc) is 3.14. The van der Waals surface area contributed by atoms with E-state index in [1.54, 1.807) is 32.6 Å². The van der Waals surface area contributed by atoms with Crippen molar-refractivity contribution in [1.29, 1.82) is 0 Å². The van der Waals surface area contributed by atoms with Gasteiger partial charge in [0, 0.05) is 40.9 Å². The Morgan fingerprint density at radius 3 is 2.43 bits per heavy atom. The summed E-state index contributed by atoms with van der Waals surface area (Å²) in [5.74, 6) is -0.302. The Labute approximate surface area is 268 Å². The molecule has 3 heterocycles. The van der Waals surface area contributed by atoms with Crippen molar-refractivity contribution in [3.63, 3.8) is 0 Å². The van der Waals surface area contributed by atoms with Gasteiger partial charge in [-0.15, -0.1) is 11.8 Å². The molecule has 9 nitrogen and oxygen atoms in total. The van der Waals surface area contributed by atoms with Gasteiger partial charge in [-0.05, 0) is 51.5 Å². The number of hydrogen-bond acceptors (Lipinski definition) is 8. The Morgan fingerprint density at radius 2 is 1.83 bits per heavy atom. The highest BCUT2D eigenvalue weighted by Crippen LogP contribution is 2.48. The van der Waals surface area contributed by atoms with E-state index in [9.17, 15) is 27.2 Å². The summed E-state index contributed by atoms with van der Waals surface area (Å²) in [6.07, 6.45) is -5.93. The maximum absolute atomic E-state index is 14.9. The second-order valence-corrected chi connectivity index (χ2v) is 13.3. The minimum Gasteiger partial charge on any atom is -0.443 e. The largest absolute Gasteiger partial charge is 0.443 e. The van der Waals surface area contributed by atoms with Crippen molar-refractivity contribution >= 4 is 34.6 Å². The van der Waals surface area contributed by atoms with Gasteiger partial charge in [0.1, 0.15) is 17.2 Å². The van der Waals surface area contributed by atoms with Crippen molar-refractivity contribution in [3.05, 3.63) is 64.5 Å². The first-order chi connectivity index (χ1) is 21.6. The summed E-state index contributed by atoms with van der Waals surface area (Å²) >= 11 is 1.15. The normalized spacial score (nSPS) is 19.0. The van der Waals surface area contributed by atoms with Crippen molar-refractivity contribution in [2.45, 2.75) is 63.1 Å². The molecule has 2 aliphatic rings. The Bertz CT molecular complexity index is 1700. The second-order valence-electron chi connectivity index (χ2n) is 12.3. The number of carbonyl (C=O) groups excluding carboxylic acids is 1. The predicted molar refractivity (Wildman–Crippen MR) is 168 cm³/mol. The topological polar surface area (TPSA) is 86.1 Å². The number of alkyl halides is 3. The molecule has 0 spiro atoms. The molecule has 46 heavy (non-hydrogen) atoms. The van der Waals surface area contributed by atoms with Gasteiger partial charge in [0.2, 0.25) is 0 Å². The smallest absolute Gasteiger partial charge is 0.417 e. The summed E-state index contributed by atoms with van der Waals surface area (Å²) in [6.45, 7) is 11.8. The number of piperazine rings is 1. The van der Waals surface area contributed by atoms with E-state index in [4.69, 9.17) is 14.2 Å². The number of ether oxygens (including phenoxy) is 3. The third-order valence-corrected chi connectivity index (χ3v) is 8.83. The third kappa shape index (κ3) is 6.88. The molecule has 2 aromatic carbocycles. The Morgan fingerprint density at radius 1 is 1.13 bits per heavy atom. The first-order valence-electron chi connectivity index (χ1n) is 14.7. The maximum Gasteiger partial charge on any atom is 0.417 e. The molecule has 2 aliphatic heterocycles. The molecule has 0 N–H and O–H groups in total. The molecule has 1 amide bonds. The molecule has 14 heteroatoms. The molecule has 3 aromatic rings. The van der Waals surface area contributed by atoms with Crippen molar-refractivity contribution in [2.75, 3.05) is 44.1 Å². The monoisotopic (exact) mass is 664 g/mol. The number of methoxy groups -OCH3 is 1. The minimum absolute atomic E-state index is 0.0153. The van der Waals surface area contributed by atoms with Crippen LogP contribution in [0, 0.1) is 5.82 Å². The van der Waals surface area contributed by atoms with Gasteiger partial charge in [0.15, 0.2) is 0 Å². The number of hydrogen-bond donors (Lipinski definition) is 0. The van der Waals surface area contributed by atoms with Crippen LogP contribution >= 0.6 is 11.8 Å².